The fraction of sp³-hybridized carbons (Fsp3) is 0.318. The van der Waals surface area contributed by atoms with E-state index in [9.17, 15) is 9.59 Å². The van der Waals surface area contributed by atoms with E-state index in [0.717, 1.165) is 21.5 Å². The largest absolute Gasteiger partial charge is 0.335 e. The number of H-pyrrole nitrogens is 1. The maximum atomic E-state index is 12.9. The third kappa shape index (κ3) is 4.06. The van der Waals surface area contributed by atoms with Crippen LogP contribution in [0.1, 0.15) is 17.4 Å². The number of hydrogen-bond acceptors (Lipinski definition) is 5. The van der Waals surface area contributed by atoms with Crippen molar-refractivity contribution in [1.29, 1.82) is 0 Å². The van der Waals surface area contributed by atoms with Crippen LogP contribution in [-0.2, 0) is 4.79 Å². The Morgan fingerprint density at radius 3 is 2.53 bits per heavy atom. The summed E-state index contributed by atoms with van der Waals surface area (Å²) in [4.78, 5) is 30.7. The molecule has 1 fully saturated rings. The Labute approximate surface area is 179 Å². The maximum Gasteiger partial charge on any atom is 0.275 e. The van der Waals surface area contributed by atoms with Crippen LogP contribution >= 0.6 is 11.8 Å². The molecule has 0 radical (unpaired) electrons. The molecular formula is C22H25N5O2S. The Hall–Kier alpha value is -2.84. The van der Waals surface area contributed by atoms with Gasteiger partial charge in [0.2, 0.25) is 5.91 Å². The minimum absolute atomic E-state index is 0.0328. The van der Waals surface area contributed by atoms with Crippen molar-refractivity contribution in [3.63, 3.8) is 0 Å². The van der Waals surface area contributed by atoms with Crippen LogP contribution in [0, 0.1) is 0 Å². The number of fused-ring (bicyclic) bond motifs is 1. The highest BCUT2D eigenvalue weighted by atomic mass is 32.2. The average Bonchev–Trinajstić information content (AvgIpc) is 3.22. The second-order valence-corrected chi connectivity index (χ2v) is 8.16. The zero-order valence-electron chi connectivity index (χ0n) is 17.1. The Bertz CT molecular complexity index is 1060. The SMILES string of the molecule is CSc1ccccc1NC(=O)C(C)N1CCN(C(=O)c2n[nH]c3ccccc23)CC1. The van der Waals surface area contributed by atoms with E-state index in [2.05, 4.69) is 20.4 Å². The first kappa shape index (κ1) is 20.4. The van der Waals surface area contributed by atoms with Gasteiger partial charge in [0.25, 0.3) is 5.91 Å². The van der Waals surface area contributed by atoms with Crippen LogP contribution in [0.4, 0.5) is 5.69 Å². The number of para-hydroxylation sites is 2. The lowest BCUT2D eigenvalue weighted by Gasteiger charge is -2.37. The summed E-state index contributed by atoms with van der Waals surface area (Å²) in [5.41, 5.74) is 2.15. The molecule has 0 saturated carbocycles. The van der Waals surface area contributed by atoms with Crippen molar-refractivity contribution in [3.05, 3.63) is 54.2 Å². The van der Waals surface area contributed by atoms with E-state index in [-0.39, 0.29) is 17.9 Å². The smallest absolute Gasteiger partial charge is 0.275 e. The summed E-state index contributed by atoms with van der Waals surface area (Å²) in [6.45, 7) is 4.34. The Morgan fingerprint density at radius 2 is 1.77 bits per heavy atom. The van der Waals surface area contributed by atoms with Crippen LogP contribution < -0.4 is 5.32 Å². The highest BCUT2D eigenvalue weighted by molar-refractivity contribution is 7.98. The van der Waals surface area contributed by atoms with Gasteiger partial charge in [0.15, 0.2) is 5.69 Å². The van der Waals surface area contributed by atoms with Crippen LogP contribution in [0.15, 0.2) is 53.4 Å². The molecule has 7 nitrogen and oxygen atoms in total. The second kappa shape index (κ2) is 8.89. The highest BCUT2D eigenvalue weighted by Gasteiger charge is 2.29. The number of nitrogens with one attached hydrogen (secondary N) is 2. The Morgan fingerprint density at radius 1 is 1.07 bits per heavy atom. The number of aromatic amines is 1. The van der Waals surface area contributed by atoms with Crippen molar-refractivity contribution >= 4 is 40.2 Å². The maximum absolute atomic E-state index is 12.9. The van der Waals surface area contributed by atoms with Gasteiger partial charge in [-0.1, -0.05) is 30.3 Å². The summed E-state index contributed by atoms with van der Waals surface area (Å²) in [5.74, 6) is -0.104. The molecule has 3 aromatic rings. The van der Waals surface area contributed by atoms with Gasteiger partial charge in [-0.05, 0) is 31.4 Å². The van der Waals surface area contributed by atoms with Gasteiger partial charge in [-0.15, -0.1) is 11.8 Å². The zero-order chi connectivity index (χ0) is 21.1. The number of rotatable bonds is 5. The van der Waals surface area contributed by atoms with E-state index in [4.69, 9.17) is 0 Å². The number of anilines is 1. The van der Waals surface area contributed by atoms with Crippen molar-refractivity contribution in [2.45, 2.75) is 17.9 Å². The summed E-state index contributed by atoms with van der Waals surface area (Å²) in [7, 11) is 0. The quantitative estimate of drug-likeness (QED) is 0.617. The van der Waals surface area contributed by atoms with Gasteiger partial charge in [-0.2, -0.15) is 5.10 Å². The van der Waals surface area contributed by atoms with E-state index in [1.807, 2.05) is 66.6 Å². The second-order valence-electron chi connectivity index (χ2n) is 7.31. The van der Waals surface area contributed by atoms with Crippen LogP contribution in [0.2, 0.25) is 0 Å². The molecule has 1 unspecified atom stereocenters. The minimum atomic E-state index is -0.275. The summed E-state index contributed by atoms with van der Waals surface area (Å²) < 4.78 is 0. The first-order valence-corrected chi connectivity index (χ1v) is 11.2. The molecule has 4 rings (SSSR count). The molecule has 0 spiro atoms. The molecule has 156 valence electrons. The molecule has 0 bridgehead atoms. The zero-order valence-corrected chi connectivity index (χ0v) is 17.9. The molecule has 1 aromatic heterocycles. The summed E-state index contributed by atoms with van der Waals surface area (Å²) in [6.07, 6.45) is 1.99. The van der Waals surface area contributed by atoms with Gasteiger partial charge in [0, 0.05) is 36.5 Å². The number of hydrogen-bond donors (Lipinski definition) is 2. The van der Waals surface area contributed by atoms with Crippen LogP contribution in [0.25, 0.3) is 10.9 Å². The molecule has 2 aromatic carbocycles. The Kier molecular flexibility index (Phi) is 6.06. The first-order valence-electron chi connectivity index (χ1n) is 9.99. The van der Waals surface area contributed by atoms with Crippen molar-refractivity contribution in [2.75, 3.05) is 37.8 Å². The predicted molar refractivity (Wildman–Crippen MR) is 120 cm³/mol. The lowest BCUT2D eigenvalue weighted by molar-refractivity contribution is -0.121. The molecule has 1 saturated heterocycles. The normalized spacial score (nSPS) is 15.9. The molecule has 1 aliphatic heterocycles. The van der Waals surface area contributed by atoms with E-state index >= 15 is 0 Å². The summed E-state index contributed by atoms with van der Waals surface area (Å²) in [6, 6.07) is 15.2. The number of amides is 2. The summed E-state index contributed by atoms with van der Waals surface area (Å²) >= 11 is 1.61. The van der Waals surface area contributed by atoms with E-state index in [0.29, 0.717) is 31.9 Å². The first-order chi connectivity index (χ1) is 14.6. The minimum Gasteiger partial charge on any atom is -0.335 e. The standard InChI is InChI=1S/C22H25N5O2S/c1-15(21(28)23-18-9-5-6-10-19(18)30-2)26-11-13-27(14-12-26)22(29)20-16-7-3-4-8-17(16)24-25-20/h3-10,15H,11-14H2,1-2H3,(H,23,28)(H,24,25). The lowest BCUT2D eigenvalue weighted by atomic mass is 10.1. The number of carbonyl (C=O) groups excluding carboxylic acids is 2. The van der Waals surface area contributed by atoms with Crippen LogP contribution in [0.5, 0.6) is 0 Å². The van der Waals surface area contributed by atoms with Crippen molar-refractivity contribution in [3.8, 4) is 0 Å². The van der Waals surface area contributed by atoms with Gasteiger partial charge in [0.05, 0.1) is 17.2 Å². The molecule has 2 N–H and O–H groups in total. The molecule has 30 heavy (non-hydrogen) atoms. The molecule has 8 heteroatoms. The van der Waals surface area contributed by atoms with Gasteiger partial charge >= 0.3 is 0 Å². The number of thioether (sulfide) groups is 1. The number of aromatic nitrogens is 2. The third-order valence-corrected chi connectivity index (χ3v) is 6.36. The van der Waals surface area contributed by atoms with E-state index in [1.165, 1.54) is 0 Å². The van der Waals surface area contributed by atoms with Gasteiger partial charge in [-0.3, -0.25) is 19.6 Å². The lowest BCUT2D eigenvalue weighted by Crippen LogP contribution is -2.54. The molecular weight excluding hydrogens is 398 g/mol. The fourth-order valence-electron chi connectivity index (χ4n) is 3.74. The van der Waals surface area contributed by atoms with Crippen LogP contribution in [0.3, 0.4) is 0 Å². The number of piperazine rings is 1. The van der Waals surface area contributed by atoms with Crippen molar-refractivity contribution in [1.82, 2.24) is 20.0 Å². The fourth-order valence-corrected chi connectivity index (χ4v) is 4.29. The summed E-state index contributed by atoms with van der Waals surface area (Å²) in [5, 5.41) is 11.0. The predicted octanol–water partition coefficient (Wildman–Crippen LogP) is 3.07. The monoisotopic (exact) mass is 423 g/mol. The highest BCUT2D eigenvalue weighted by Crippen LogP contribution is 2.25. The van der Waals surface area contributed by atoms with E-state index < -0.39 is 0 Å². The third-order valence-electron chi connectivity index (χ3n) is 5.57. The Balaban J connectivity index is 1.36. The molecule has 0 aliphatic carbocycles. The molecule has 2 amide bonds. The number of nitrogens with zero attached hydrogens (tertiary/aromatic N) is 3. The molecule has 1 aliphatic rings. The van der Waals surface area contributed by atoms with Crippen molar-refractivity contribution < 1.29 is 9.59 Å². The van der Waals surface area contributed by atoms with Gasteiger partial charge in [-0.25, -0.2) is 0 Å². The number of benzene rings is 2. The van der Waals surface area contributed by atoms with Gasteiger partial charge < -0.3 is 10.2 Å². The average molecular weight is 424 g/mol. The van der Waals surface area contributed by atoms with Crippen LogP contribution in [-0.4, -0.2) is 70.3 Å². The topological polar surface area (TPSA) is 81.3 Å². The van der Waals surface area contributed by atoms with Crippen molar-refractivity contribution in [2.24, 2.45) is 0 Å². The molecule has 1 atom stereocenters. The van der Waals surface area contributed by atoms with E-state index in [1.54, 1.807) is 11.8 Å². The molecule has 2 heterocycles. The van der Waals surface area contributed by atoms with Gasteiger partial charge in [0.1, 0.15) is 0 Å². The number of carbonyl (C=O) groups is 2.